The highest BCUT2D eigenvalue weighted by atomic mass is 16.6. The second-order valence-corrected chi connectivity index (χ2v) is 11.2. The van der Waals surface area contributed by atoms with Crippen molar-refractivity contribution in [1.82, 2.24) is 5.32 Å². The molecule has 3 saturated carbocycles. The Bertz CT molecular complexity index is 1040. The number of hydrogen-bond donors (Lipinski definition) is 2. The standard InChI is InChI=1S/C28H36N2O4/c1-4-28(32)14-11-24-22-8-7-19-16-20(9-12-26(19,2)23(22)10-13-27(24,28)3)30-34-18-25(31)29-17-21-6-5-15-33-21/h1,5-6,15-16,22-24,32H,7-14,17-18H2,2-3H3,(H,29,31)/t22-,23+,24+,26-,27+,28+/m0/s1. The van der Waals surface area contributed by atoms with E-state index in [0.29, 0.717) is 30.1 Å². The van der Waals surface area contributed by atoms with Gasteiger partial charge in [0.25, 0.3) is 5.91 Å². The molecule has 1 aromatic heterocycles. The molecule has 0 saturated heterocycles. The fraction of sp³-hybridized carbons (Fsp3) is 0.643. The van der Waals surface area contributed by atoms with Gasteiger partial charge in [0, 0.05) is 5.41 Å². The van der Waals surface area contributed by atoms with Gasteiger partial charge in [-0.25, -0.2) is 0 Å². The molecule has 1 heterocycles. The first kappa shape index (κ1) is 23.2. The molecule has 6 nitrogen and oxygen atoms in total. The number of terminal acetylenes is 1. The molecule has 6 heteroatoms. The maximum atomic E-state index is 12.0. The summed E-state index contributed by atoms with van der Waals surface area (Å²) >= 11 is 0. The Hall–Kier alpha value is -2.52. The molecule has 1 amide bonds. The van der Waals surface area contributed by atoms with E-state index in [2.05, 4.69) is 36.3 Å². The van der Waals surface area contributed by atoms with E-state index in [4.69, 9.17) is 15.7 Å². The minimum absolute atomic E-state index is 0.103. The van der Waals surface area contributed by atoms with Gasteiger partial charge < -0.3 is 19.7 Å². The van der Waals surface area contributed by atoms with Crippen LogP contribution in [0, 0.1) is 40.9 Å². The van der Waals surface area contributed by atoms with Gasteiger partial charge in [0.05, 0.1) is 18.5 Å². The molecule has 0 spiro atoms. The SMILES string of the molecule is C#C[C@@]1(O)CC[C@@H]2[C@H]3CCC4=CC(=NOCC(=O)NCc5ccco5)CC[C@]4(C)[C@@H]3CC[C@]21C. The molecule has 6 atom stereocenters. The fourth-order valence-electron chi connectivity index (χ4n) is 7.72. The molecule has 182 valence electrons. The van der Waals surface area contributed by atoms with Crippen LogP contribution in [-0.4, -0.2) is 28.9 Å². The number of oxime groups is 1. The van der Waals surface area contributed by atoms with Gasteiger partial charge in [-0.15, -0.1) is 6.42 Å². The quantitative estimate of drug-likeness (QED) is 0.493. The normalized spacial score (nSPS) is 39.9. The molecule has 0 aromatic carbocycles. The van der Waals surface area contributed by atoms with Gasteiger partial charge in [0.1, 0.15) is 11.4 Å². The van der Waals surface area contributed by atoms with Crippen molar-refractivity contribution in [3.05, 3.63) is 35.8 Å². The molecule has 0 bridgehead atoms. The molecule has 4 aliphatic carbocycles. The number of carbonyl (C=O) groups excluding carboxylic acids is 1. The second kappa shape index (κ2) is 8.61. The third-order valence-electron chi connectivity index (χ3n) is 9.79. The zero-order valence-corrected chi connectivity index (χ0v) is 20.3. The highest BCUT2D eigenvalue weighted by Crippen LogP contribution is 2.67. The lowest BCUT2D eigenvalue weighted by atomic mass is 9.46. The smallest absolute Gasteiger partial charge is 0.261 e. The summed E-state index contributed by atoms with van der Waals surface area (Å²) in [4.78, 5) is 17.4. The molecule has 3 fully saturated rings. The van der Waals surface area contributed by atoms with E-state index in [1.165, 1.54) is 5.57 Å². The minimum atomic E-state index is -0.951. The minimum Gasteiger partial charge on any atom is -0.467 e. The van der Waals surface area contributed by atoms with Crippen molar-refractivity contribution >= 4 is 11.6 Å². The summed E-state index contributed by atoms with van der Waals surface area (Å²) in [7, 11) is 0. The van der Waals surface area contributed by atoms with Crippen molar-refractivity contribution < 1.29 is 19.2 Å². The summed E-state index contributed by atoms with van der Waals surface area (Å²) in [5.74, 6) is 5.01. The lowest BCUT2D eigenvalue weighted by molar-refractivity contribution is -0.125. The zero-order valence-electron chi connectivity index (χ0n) is 20.3. The Balaban J connectivity index is 1.22. The van der Waals surface area contributed by atoms with Crippen molar-refractivity contribution in [3.63, 3.8) is 0 Å². The van der Waals surface area contributed by atoms with Crippen molar-refractivity contribution in [2.24, 2.45) is 33.7 Å². The van der Waals surface area contributed by atoms with E-state index in [9.17, 15) is 9.90 Å². The maximum Gasteiger partial charge on any atom is 0.261 e. The number of aliphatic hydroxyl groups is 1. The van der Waals surface area contributed by atoms with Gasteiger partial charge in [0.15, 0.2) is 6.61 Å². The maximum absolute atomic E-state index is 12.0. The Labute approximate surface area is 202 Å². The molecule has 4 aliphatic rings. The zero-order chi connectivity index (χ0) is 24.0. The molecule has 2 N–H and O–H groups in total. The number of carbonyl (C=O) groups is 1. The lowest BCUT2D eigenvalue weighted by Crippen LogP contribution is -2.54. The van der Waals surface area contributed by atoms with Crippen LogP contribution in [-0.2, 0) is 16.2 Å². The van der Waals surface area contributed by atoms with Gasteiger partial charge in [-0.2, -0.15) is 0 Å². The Morgan fingerprint density at radius 2 is 2.09 bits per heavy atom. The van der Waals surface area contributed by atoms with E-state index >= 15 is 0 Å². The summed E-state index contributed by atoms with van der Waals surface area (Å²) < 4.78 is 5.21. The molecular weight excluding hydrogens is 428 g/mol. The number of hydrogen-bond acceptors (Lipinski definition) is 5. The number of fused-ring (bicyclic) bond motifs is 5. The van der Waals surface area contributed by atoms with Crippen LogP contribution in [0.2, 0.25) is 0 Å². The highest BCUT2D eigenvalue weighted by molar-refractivity contribution is 5.96. The largest absolute Gasteiger partial charge is 0.467 e. The summed E-state index contributed by atoms with van der Waals surface area (Å²) in [6, 6.07) is 3.61. The fourth-order valence-corrected chi connectivity index (χ4v) is 7.72. The molecule has 0 radical (unpaired) electrons. The molecular formula is C28H36N2O4. The lowest BCUT2D eigenvalue weighted by Gasteiger charge is -2.58. The van der Waals surface area contributed by atoms with Crippen molar-refractivity contribution in [2.45, 2.75) is 77.4 Å². The predicted octanol–water partition coefficient (Wildman–Crippen LogP) is 4.60. The van der Waals surface area contributed by atoms with Crippen LogP contribution in [0.25, 0.3) is 0 Å². The predicted molar refractivity (Wildman–Crippen MR) is 129 cm³/mol. The number of furan rings is 1. The van der Waals surface area contributed by atoms with E-state index < -0.39 is 5.60 Å². The highest BCUT2D eigenvalue weighted by Gasteiger charge is 2.63. The van der Waals surface area contributed by atoms with Crippen molar-refractivity contribution in [1.29, 1.82) is 0 Å². The second-order valence-electron chi connectivity index (χ2n) is 11.2. The Morgan fingerprint density at radius 3 is 2.85 bits per heavy atom. The van der Waals surface area contributed by atoms with Gasteiger partial charge >= 0.3 is 0 Å². The molecule has 1 aromatic rings. The average Bonchev–Trinajstić information content (AvgIpc) is 3.44. The van der Waals surface area contributed by atoms with Crippen molar-refractivity contribution in [2.75, 3.05) is 6.61 Å². The number of nitrogens with zero attached hydrogens (tertiary/aromatic N) is 1. The molecule has 0 unspecified atom stereocenters. The third kappa shape index (κ3) is 3.69. The van der Waals surface area contributed by atoms with Crippen LogP contribution in [0.5, 0.6) is 0 Å². The number of amides is 1. The molecule has 34 heavy (non-hydrogen) atoms. The van der Waals surface area contributed by atoms with Crippen LogP contribution in [0.1, 0.15) is 71.0 Å². The Morgan fingerprint density at radius 1 is 1.26 bits per heavy atom. The first-order valence-electron chi connectivity index (χ1n) is 12.7. The summed E-state index contributed by atoms with van der Waals surface area (Å²) in [6.07, 6.45) is 17.6. The van der Waals surface area contributed by atoms with E-state index in [0.717, 1.165) is 57.1 Å². The van der Waals surface area contributed by atoms with Crippen LogP contribution in [0.15, 0.2) is 39.6 Å². The van der Waals surface area contributed by atoms with E-state index in [1.807, 2.05) is 6.07 Å². The topological polar surface area (TPSA) is 84.1 Å². The van der Waals surface area contributed by atoms with Gasteiger partial charge in [0.2, 0.25) is 0 Å². The third-order valence-corrected chi connectivity index (χ3v) is 9.79. The van der Waals surface area contributed by atoms with E-state index in [1.54, 1.807) is 12.3 Å². The van der Waals surface area contributed by atoms with Crippen LogP contribution in [0.3, 0.4) is 0 Å². The molecule has 0 aliphatic heterocycles. The van der Waals surface area contributed by atoms with Crippen LogP contribution >= 0.6 is 0 Å². The van der Waals surface area contributed by atoms with Gasteiger partial charge in [-0.05, 0) is 92.7 Å². The number of allylic oxidation sites excluding steroid dienone is 2. The summed E-state index contributed by atoms with van der Waals surface area (Å²) in [6.45, 7) is 4.91. The van der Waals surface area contributed by atoms with E-state index in [-0.39, 0.29) is 23.3 Å². The summed E-state index contributed by atoms with van der Waals surface area (Å²) in [5, 5.41) is 18.2. The summed E-state index contributed by atoms with van der Waals surface area (Å²) in [5.41, 5.74) is 1.45. The number of nitrogens with one attached hydrogen (secondary N) is 1. The Kier molecular flexibility index (Phi) is 5.88. The monoisotopic (exact) mass is 464 g/mol. The van der Waals surface area contributed by atoms with Crippen molar-refractivity contribution in [3.8, 4) is 12.3 Å². The van der Waals surface area contributed by atoms with Crippen LogP contribution < -0.4 is 5.32 Å². The first-order valence-corrected chi connectivity index (χ1v) is 12.7. The first-order chi connectivity index (χ1) is 16.3. The molecule has 5 rings (SSSR count). The van der Waals surface area contributed by atoms with Crippen LogP contribution in [0.4, 0.5) is 0 Å². The number of rotatable bonds is 5. The average molecular weight is 465 g/mol. The van der Waals surface area contributed by atoms with Gasteiger partial charge in [-0.3, -0.25) is 4.79 Å². The van der Waals surface area contributed by atoms with Gasteiger partial charge in [-0.1, -0.05) is 30.5 Å².